The molecule has 2 aromatic carbocycles. The van der Waals surface area contributed by atoms with Crippen LogP contribution in [0.3, 0.4) is 0 Å². The molecule has 0 bridgehead atoms. The number of rotatable bonds is 7. The van der Waals surface area contributed by atoms with Gasteiger partial charge in [-0.25, -0.2) is 0 Å². The summed E-state index contributed by atoms with van der Waals surface area (Å²) in [5, 5.41) is 3.06. The van der Waals surface area contributed by atoms with E-state index in [4.69, 9.17) is 4.74 Å². The van der Waals surface area contributed by atoms with Gasteiger partial charge in [0.25, 0.3) is 0 Å². The maximum atomic E-state index is 11.5. The monoisotopic (exact) mass is 311 g/mol. The summed E-state index contributed by atoms with van der Waals surface area (Å²) < 4.78 is 5.31. The van der Waals surface area contributed by atoms with Crippen molar-refractivity contribution in [3.8, 4) is 16.9 Å². The van der Waals surface area contributed by atoms with Gasteiger partial charge in [0.1, 0.15) is 11.5 Å². The standard InChI is InChI=1S/C20H25NO2/c1-5-16-13-18(23-4)10-11-19(16)17-8-6-15(7-9-17)12-20(21-3)14(2)22/h6-11,13,20-21H,5,12H2,1-4H3. The number of carbonyl (C=O) groups is 1. The average molecular weight is 311 g/mol. The number of nitrogens with one attached hydrogen (secondary N) is 1. The lowest BCUT2D eigenvalue weighted by atomic mass is 9.95. The molecular formula is C20H25NO2. The van der Waals surface area contributed by atoms with Gasteiger partial charge < -0.3 is 10.1 Å². The van der Waals surface area contributed by atoms with Crippen LogP contribution in [0.4, 0.5) is 0 Å². The van der Waals surface area contributed by atoms with E-state index in [0.717, 1.165) is 24.2 Å². The molecule has 0 aliphatic heterocycles. The second-order valence-electron chi connectivity index (χ2n) is 5.73. The minimum atomic E-state index is -0.118. The summed E-state index contributed by atoms with van der Waals surface area (Å²) in [4.78, 5) is 11.5. The Morgan fingerprint density at radius 1 is 1.17 bits per heavy atom. The van der Waals surface area contributed by atoms with E-state index in [0.29, 0.717) is 0 Å². The Hall–Kier alpha value is -2.13. The van der Waals surface area contributed by atoms with Crippen molar-refractivity contribution >= 4 is 5.78 Å². The van der Waals surface area contributed by atoms with E-state index in [1.807, 2.05) is 13.1 Å². The third-order valence-electron chi connectivity index (χ3n) is 4.24. The number of likely N-dealkylation sites (N-methyl/N-ethyl adjacent to an activating group) is 1. The van der Waals surface area contributed by atoms with Crippen LogP contribution < -0.4 is 10.1 Å². The molecule has 23 heavy (non-hydrogen) atoms. The molecule has 0 saturated carbocycles. The molecule has 1 atom stereocenters. The zero-order chi connectivity index (χ0) is 16.8. The van der Waals surface area contributed by atoms with E-state index < -0.39 is 0 Å². The van der Waals surface area contributed by atoms with Gasteiger partial charge in [0.2, 0.25) is 0 Å². The molecule has 1 unspecified atom stereocenters. The molecule has 0 amide bonds. The number of Topliss-reactive ketones (excluding diaryl/α,β-unsaturated/α-hetero) is 1. The molecule has 3 nitrogen and oxygen atoms in total. The highest BCUT2D eigenvalue weighted by Gasteiger charge is 2.12. The van der Waals surface area contributed by atoms with E-state index in [9.17, 15) is 4.79 Å². The summed E-state index contributed by atoms with van der Waals surface area (Å²) in [6.45, 7) is 3.78. The first-order valence-corrected chi connectivity index (χ1v) is 8.03. The molecule has 3 heteroatoms. The van der Waals surface area contributed by atoms with Crippen LogP contribution in [0.25, 0.3) is 11.1 Å². The predicted molar refractivity (Wildman–Crippen MR) is 95.0 cm³/mol. The van der Waals surface area contributed by atoms with E-state index in [2.05, 4.69) is 48.6 Å². The fraction of sp³-hybridized carbons (Fsp3) is 0.350. The lowest BCUT2D eigenvalue weighted by Crippen LogP contribution is -2.34. The summed E-state index contributed by atoms with van der Waals surface area (Å²) in [5.41, 5.74) is 4.86. The predicted octanol–water partition coefficient (Wildman–Crippen LogP) is 3.64. The van der Waals surface area contributed by atoms with Crippen LogP contribution in [0.15, 0.2) is 42.5 Å². The van der Waals surface area contributed by atoms with E-state index in [-0.39, 0.29) is 11.8 Å². The molecule has 0 radical (unpaired) electrons. The maximum absolute atomic E-state index is 11.5. The Morgan fingerprint density at radius 2 is 1.87 bits per heavy atom. The van der Waals surface area contributed by atoms with Crippen LogP contribution in [0.5, 0.6) is 5.75 Å². The first-order chi connectivity index (χ1) is 11.1. The lowest BCUT2D eigenvalue weighted by Gasteiger charge is -2.14. The van der Waals surface area contributed by atoms with Crippen molar-refractivity contribution < 1.29 is 9.53 Å². The largest absolute Gasteiger partial charge is 0.497 e. The number of ether oxygens (including phenoxy) is 1. The quantitative estimate of drug-likeness (QED) is 0.848. The van der Waals surface area contributed by atoms with Crippen LogP contribution in [0, 0.1) is 0 Å². The number of hydrogen-bond acceptors (Lipinski definition) is 3. The van der Waals surface area contributed by atoms with Gasteiger partial charge in [-0.15, -0.1) is 0 Å². The summed E-state index contributed by atoms with van der Waals surface area (Å²) in [7, 11) is 3.52. The molecule has 0 aromatic heterocycles. The van der Waals surface area contributed by atoms with Crippen molar-refractivity contribution in [2.24, 2.45) is 0 Å². The van der Waals surface area contributed by atoms with Gasteiger partial charge in [0.15, 0.2) is 0 Å². The zero-order valence-corrected chi connectivity index (χ0v) is 14.3. The van der Waals surface area contributed by atoms with Crippen LogP contribution in [-0.4, -0.2) is 26.0 Å². The van der Waals surface area contributed by atoms with Crippen LogP contribution in [0.2, 0.25) is 0 Å². The first-order valence-electron chi connectivity index (χ1n) is 8.03. The molecule has 0 aliphatic carbocycles. The number of aryl methyl sites for hydroxylation is 1. The van der Waals surface area contributed by atoms with Crippen molar-refractivity contribution in [1.29, 1.82) is 0 Å². The third-order valence-corrected chi connectivity index (χ3v) is 4.24. The maximum Gasteiger partial charge on any atom is 0.147 e. The van der Waals surface area contributed by atoms with Gasteiger partial charge in [0, 0.05) is 0 Å². The van der Waals surface area contributed by atoms with Crippen molar-refractivity contribution in [2.45, 2.75) is 32.7 Å². The van der Waals surface area contributed by atoms with E-state index in [1.54, 1.807) is 14.0 Å². The van der Waals surface area contributed by atoms with Crippen molar-refractivity contribution in [3.63, 3.8) is 0 Å². The molecule has 0 heterocycles. The number of benzene rings is 2. The van der Waals surface area contributed by atoms with Crippen LogP contribution in [0.1, 0.15) is 25.0 Å². The number of methoxy groups -OCH3 is 1. The number of ketones is 1. The molecule has 2 rings (SSSR count). The summed E-state index contributed by atoms with van der Waals surface area (Å²) >= 11 is 0. The Kier molecular flexibility index (Phi) is 5.94. The van der Waals surface area contributed by atoms with E-state index >= 15 is 0 Å². The first kappa shape index (κ1) is 17.2. The van der Waals surface area contributed by atoms with Gasteiger partial charge >= 0.3 is 0 Å². The summed E-state index contributed by atoms with van der Waals surface area (Å²) in [5.74, 6) is 1.06. The van der Waals surface area contributed by atoms with Gasteiger partial charge in [-0.2, -0.15) is 0 Å². The fourth-order valence-electron chi connectivity index (χ4n) is 2.78. The summed E-state index contributed by atoms with van der Waals surface area (Å²) in [6.07, 6.45) is 1.68. The molecule has 0 aliphatic rings. The second kappa shape index (κ2) is 7.93. The zero-order valence-electron chi connectivity index (χ0n) is 14.3. The SMILES string of the molecule is CCc1cc(OC)ccc1-c1ccc(CC(NC)C(C)=O)cc1. The Morgan fingerprint density at radius 3 is 2.39 bits per heavy atom. The minimum Gasteiger partial charge on any atom is -0.497 e. The van der Waals surface area contributed by atoms with Gasteiger partial charge in [-0.1, -0.05) is 37.3 Å². The average Bonchev–Trinajstić information content (AvgIpc) is 2.59. The topological polar surface area (TPSA) is 38.3 Å². The second-order valence-corrected chi connectivity index (χ2v) is 5.73. The highest BCUT2D eigenvalue weighted by Crippen LogP contribution is 2.28. The normalized spacial score (nSPS) is 12.0. The molecule has 0 fully saturated rings. The Labute approximate surface area is 138 Å². The van der Waals surface area contributed by atoms with Crippen molar-refractivity contribution in [1.82, 2.24) is 5.32 Å². The number of carbonyl (C=O) groups excluding carboxylic acids is 1. The molecule has 0 saturated heterocycles. The van der Waals surface area contributed by atoms with Gasteiger partial charge in [0.05, 0.1) is 13.2 Å². The van der Waals surface area contributed by atoms with Gasteiger partial charge in [-0.05, 0) is 61.2 Å². The van der Waals surface area contributed by atoms with Crippen LogP contribution in [-0.2, 0) is 17.6 Å². The lowest BCUT2D eigenvalue weighted by molar-refractivity contribution is -0.118. The third kappa shape index (κ3) is 4.20. The molecule has 2 aromatic rings. The van der Waals surface area contributed by atoms with Crippen molar-refractivity contribution in [3.05, 3.63) is 53.6 Å². The highest BCUT2D eigenvalue weighted by atomic mass is 16.5. The smallest absolute Gasteiger partial charge is 0.147 e. The molecule has 1 N–H and O–H groups in total. The van der Waals surface area contributed by atoms with E-state index in [1.165, 1.54) is 16.7 Å². The van der Waals surface area contributed by atoms with Gasteiger partial charge in [-0.3, -0.25) is 4.79 Å². The fourth-order valence-corrected chi connectivity index (χ4v) is 2.78. The highest BCUT2D eigenvalue weighted by molar-refractivity contribution is 5.81. The molecule has 0 spiro atoms. The van der Waals surface area contributed by atoms with Crippen LogP contribution >= 0.6 is 0 Å². The molecule has 122 valence electrons. The Bertz CT molecular complexity index is 662. The minimum absolute atomic E-state index is 0.118. The molecular weight excluding hydrogens is 286 g/mol. The van der Waals surface area contributed by atoms with Crippen molar-refractivity contribution in [2.75, 3.05) is 14.2 Å². The summed E-state index contributed by atoms with van der Waals surface area (Å²) in [6, 6.07) is 14.5. The Balaban J connectivity index is 2.24. The number of hydrogen-bond donors (Lipinski definition) is 1.